The molecule has 1 aromatic rings. The van der Waals surface area contributed by atoms with Crippen molar-refractivity contribution in [1.82, 2.24) is 4.90 Å². The summed E-state index contributed by atoms with van der Waals surface area (Å²) in [6.07, 6.45) is 1.66. The molecule has 1 atom stereocenters. The van der Waals surface area contributed by atoms with Crippen LogP contribution in [0.2, 0.25) is 5.02 Å². The van der Waals surface area contributed by atoms with E-state index in [-0.39, 0.29) is 0 Å². The van der Waals surface area contributed by atoms with Gasteiger partial charge in [-0.05, 0) is 50.1 Å². The van der Waals surface area contributed by atoms with Gasteiger partial charge < -0.3 is 5.11 Å². The van der Waals surface area contributed by atoms with Crippen molar-refractivity contribution in [2.75, 3.05) is 13.1 Å². The molecular weight excluding hydrogens is 330 g/mol. The molecule has 2 rings (SSSR count). The molecule has 0 amide bonds. The molecule has 0 bridgehead atoms. The third-order valence-electron chi connectivity index (χ3n) is 3.69. The smallest absolute Gasteiger partial charge is 0.310 e. The highest BCUT2D eigenvalue weighted by atomic mass is 79.9. The van der Waals surface area contributed by atoms with Crippen LogP contribution in [0.15, 0.2) is 22.7 Å². The molecule has 0 aromatic heterocycles. The van der Waals surface area contributed by atoms with Gasteiger partial charge in [0.05, 0.1) is 5.41 Å². The predicted octanol–water partition coefficient (Wildman–Crippen LogP) is 3.79. The highest BCUT2D eigenvalue weighted by Gasteiger charge is 2.37. The van der Waals surface area contributed by atoms with Crippen molar-refractivity contribution in [3.8, 4) is 0 Å². The lowest BCUT2D eigenvalue weighted by molar-refractivity contribution is -0.151. The first kappa shape index (κ1) is 14.8. The van der Waals surface area contributed by atoms with Crippen LogP contribution < -0.4 is 0 Å². The number of nitrogens with zero attached hydrogens (tertiary/aromatic N) is 1. The Labute approximate surface area is 126 Å². The van der Waals surface area contributed by atoms with E-state index in [9.17, 15) is 9.90 Å². The van der Waals surface area contributed by atoms with Gasteiger partial charge in [0, 0.05) is 22.6 Å². The highest BCUT2D eigenvalue weighted by molar-refractivity contribution is 9.10. The quantitative estimate of drug-likeness (QED) is 0.905. The number of piperidine rings is 1. The molecular formula is C14H17BrClNO2. The van der Waals surface area contributed by atoms with Gasteiger partial charge in [0.1, 0.15) is 0 Å². The summed E-state index contributed by atoms with van der Waals surface area (Å²) in [5.41, 5.74) is 0.464. The molecule has 1 heterocycles. The Kier molecular flexibility index (Phi) is 4.54. The molecule has 1 aliphatic rings. The average molecular weight is 347 g/mol. The first-order chi connectivity index (χ1) is 8.90. The number of carboxylic acid groups (broad SMARTS) is 1. The number of benzene rings is 1. The summed E-state index contributed by atoms with van der Waals surface area (Å²) >= 11 is 9.52. The maximum atomic E-state index is 11.3. The minimum Gasteiger partial charge on any atom is -0.481 e. The van der Waals surface area contributed by atoms with Gasteiger partial charge in [0.2, 0.25) is 0 Å². The van der Waals surface area contributed by atoms with E-state index in [4.69, 9.17) is 11.6 Å². The molecule has 1 aliphatic heterocycles. The van der Waals surface area contributed by atoms with Crippen molar-refractivity contribution in [1.29, 1.82) is 0 Å². The first-order valence-corrected chi connectivity index (χ1v) is 7.47. The number of hydrogen-bond acceptors (Lipinski definition) is 2. The molecule has 0 aliphatic carbocycles. The van der Waals surface area contributed by atoms with Crippen LogP contribution in [0.1, 0.15) is 25.3 Å². The van der Waals surface area contributed by atoms with Gasteiger partial charge in [-0.15, -0.1) is 0 Å². The zero-order valence-corrected chi connectivity index (χ0v) is 13.2. The number of rotatable bonds is 3. The summed E-state index contributed by atoms with van der Waals surface area (Å²) in [6.45, 7) is 4.07. The van der Waals surface area contributed by atoms with E-state index in [1.807, 2.05) is 25.1 Å². The van der Waals surface area contributed by atoms with Gasteiger partial charge in [0.25, 0.3) is 0 Å². The van der Waals surface area contributed by atoms with E-state index in [0.29, 0.717) is 11.6 Å². The summed E-state index contributed by atoms with van der Waals surface area (Å²) < 4.78 is 1.01. The van der Waals surface area contributed by atoms with Crippen LogP contribution in [0.4, 0.5) is 0 Å². The average Bonchev–Trinajstić information content (AvgIpc) is 2.34. The van der Waals surface area contributed by atoms with Crippen LogP contribution in [0.5, 0.6) is 0 Å². The van der Waals surface area contributed by atoms with Gasteiger partial charge >= 0.3 is 5.97 Å². The van der Waals surface area contributed by atoms with E-state index < -0.39 is 11.4 Å². The summed E-state index contributed by atoms with van der Waals surface area (Å²) in [6, 6.07) is 5.70. The van der Waals surface area contributed by atoms with Gasteiger partial charge in [-0.2, -0.15) is 0 Å². The molecule has 5 heteroatoms. The minimum atomic E-state index is -0.706. The Hall–Kier alpha value is -0.580. The number of likely N-dealkylation sites (tertiary alicyclic amines) is 1. The first-order valence-electron chi connectivity index (χ1n) is 6.30. The van der Waals surface area contributed by atoms with E-state index in [1.54, 1.807) is 0 Å². The summed E-state index contributed by atoms with van der Waals surface area (Å²) in [4.78, 5) is 13.5. The van der Waals surface area contributed by atoms with E-state index in [2.05, 4.69) is 20.8 Å². The molecule has 19 heavy (non-hydrogen) atoms. The molecule has 1 N–H and O–H groups in total. The second-order valence-electron chi connectivity index (χ2n) is 5.42. The monoisotopic (exact) mass is 345 g/mol. The number of aliphatic carboxylic acids is 1. The summed E-state index contributed by atoms with van der Waals surface area (Å²) in [5, 5.41) is 10.0. The third kappa shape index (κ3) is 3.50. The largest absolute Gasteiger partial charge is 0.481 e. The maximum Gasteiger partial charge on any atom is 0.310 e. The molecule has 1 saturated heterocycles. The Morgan fingerprint density at radius 2 is 2.32 bits per heavy atom. The number of halogens is 2. The van der Waals surface area contributed by atoms with Gasteiger partial charge in [-0.1, -0.05) is 27.5 Å². The van der Waals surface area contributed by atoms with Gasteiger partial charge in [-0.25, -0.2) is 0 Å². The predicted molar refractivity (Wildman–Crippen MR) is 79.4 cm³/mol. The highest BCUT2D eigenvalue weighted by Crippen LogP contribution is 2.31. The lowest BCUT2D eigenvalue weighted by atomic mass is 9.82. The van der Waals surface area contributed by atoms with Gasteiger partial charge in [-0.3, -0.25) is 9.69 Å². The third-order valence-corrected chi connectivity index (χ3v) is 4.70. The Bertz CT molecular complexity index is 494. The molecule has 1 fully saturated rings. The van der Waals surface area contributed by atoms with Gasteiger partial charge in [0.15, 0.2) is 0 Å². The van der Waals surface area contributed by atoms with Crippen LogP contribution in [0, 0.1) is 5.41 Å². The normalized spacial score (nSPS) is 24.4. The van der Waals surface area contributed by atoms with Crippen LogP contribution >= 0.6 is 27.5 Å². The number of carboxylic acids is 1. The molecule has 1 aromatic carbocycles. The molecule has 0 saturated carbocycles. The SMILES string of the molecule is CC1(C(=O)O)CCCN(Cc2cc(Cl)ccc2Br)C1. The van der Waals surface area contributed by atoms with Crippen molar-refractivity contribution in [2.45, 2.75) is 26.3 Å². The van der Waals surface area contributed by atoms with E-state index in [0.717, 1.165) is 36.0 Å². The van der Waals surface area contributed by atoms with Crippen LogP contribution in [0.25, 0.3) is 0 Å². The topological polar surface area (TPSA) is 40.5 Å². The second-order valence-corrected chi connectivity index (χ2v) is 6.71. The van der Waals surface area contributed by atoms with Crippen molar-refractivity contribution in [3.05, 3.63) is 33.3 Å². The maximum absolute atomic E-state index is 11.3. The summed E-state index contributed by atoms with van der Waals surface area (Å²) in [5.74, 6) is -0.706. The molecule has 0 radical (unpaired) electrons. The standard InChI is InChI=1S/C14H17BrClNO2/c1-14(13(18)19)5-2-6-17(9-14)8-10-7-11(16)3-4-12(10)15/h3-4,7H,2,5-6,8-9H2,1H3,(H,18,19). The fraction of sp³-hybridized carbons (Fsp3) is 0.500. The minimum absolute atomic E-state index is 0.585. The van der Waals surface area contributed by atoms with Crippen molar-refractivity contribution >= 4 is 33.5 Å². The Balaban J connectivity index is 2.11. The van der Waals surface area contributed by atoms with Crippen LogP contribution in [-0.4, -0.2) is 29.1 Å². The fourth-order valence-electron chi connectivity index (χ4n) is 2.56. The number of hydrogen-bond donors (Lipinski definition) is 1. The van der Waals surface area contributed by atoms with Crippen molar-refractivity contribution < 1.29 is 9.90 Å². The van der Waals surface area contributed by atoms with Crippen molar-refractivity contribution in [2.24, 2.45) is 5.41 Å². The summed E-state index contributed by atoms with van der Waals surface area (Å²) in [7, 11) is 0. The molecule has 0 spiro atoms. The van der Waals surface area contributed by atoms with Crippen LogP contribution in [-0.2, 0) is 11.3 Å². The molecule has 3 nitrogen and oxygen atoms in total. The lowest BCUT2D eigenvalue weighted by Gasteiger charge is -2.37. The Morgan fingerprint density at radius 1 is 1.58 bits per heavy atom. The fourth-order valence-corrected chi connectivity index (χ4v) is 3.13. The second kappa shape index (κ2) is 5.81. The molecule has 104 valence electrons. The van der Waals surface area contributed by atoms with Crippen molar-refractivity contribution in [3.63, 3.8) is 0 Å². The number of carbonyl (C=O) groups is 1. The lowest BCUT2D eigenvalue weighted by Crippen LogP contribution is -2.45. The molecule has 1 unspecified atom stereocenters. The van der Waals surface area contributed by atoms with Crippen LogP contribution in [0.3, 0.4) is 0 Å². The Morgan fingerprint density at radius 3 is 3.00 bits per heavy atom. The zero-order chi connectivity index (χ0) is 14.0. The van der Waals surface area contributed by atoms with E-state index in [1.165, 1.54) is 0 Å². The zero-order valence-electron chi connectivity index (χ0n) is 10.8. The van der Waals surface area contributed by atoms with E-state index >= 15 is 0 Å².